The summed E-state index contributed by atoms with van der Waals surface area (Å²) in [5.74, 6) is 0. The van der Waals surface area contributed by atoms with Gasteiger partial charge in [0.25, 0.3) is 5.69 Å². The van der Waals surface area contributed by atoms with Crippen molar-refractivity contribution in [1.29, 1.82) is 0 Å². The van der Waals surface area contributed by atoms with E-state index in [2.05, 4.69) is 5.32 Å². The van der Waals surface area contributed by atoms with Crippen LogP contribution in [0.5, 0.6) is 0 Å². The summed E-state index contributed by atoms with van der Waals surface area (Å²) in [5.41, 5.74) is 0.137. The minimum atomic E-state index is -0.417. The average Bonchev–Trinajstić information content (AvgIpc) is 2.90. The van der Waals surface area contributed by atoms with E-state index >= 15 is 0 Å². The molecule has 0 aliphatic carbocycles. The number of aliphatic hydroxyl groups excluding tert-OH is 1. The van der Waals surface area contributed by atoms with Crippen molar-refractivity contribution in [3.63, 3.8) is 0 Å². The summed E-state index contributed by atoms with van der Waals surface area (Å²) in [4.78, 5) is 9.59. The molecule has 1 unspecified atom stereocenters. The van der Waals surface area contributed by atoms with Gasteiger partial charge in [-0.3, -0.25) is 15.4 Å². The molecule has 0 amide bonds. The van der Waals surface area contributed by atoms with Crippen molar-refractivity contribution >= 4 is 5.69 Å². The molecule has 2 rings (SSSR count). The molecule has 0 bridgehead atoms. The molecule has 0 saturated carbocycles. The van der Waals surface area contributed by atoms with E-state index in [1.165, 1.54) is 12.1 Å². The Morgan fingerprint density at radius 3 is 2.07 bits per heavy atom. The molecular formula is C8H13N3O3. The maximum atomic E-state index is 10.0. The number of β-amino-alcohol motifs (C(OH)–C–C–N with tert-alkyl or cyclic N) is 1. The van der Waals surface area contributed by atoms with Crippen molar-refractivity contribution in [1.82, 2.24) is 11.5 Å². The maximum absolute atomic E-state index is 10.0. The number of nitro groups is 1. The van der Waals surface area contributed by atoms with Crippen LogP contribution in [-0.4, -0.2) is 22.8 Å². The molecule has 78 valence electrons. The Labute approximate surface area is 81.3 Å². The number of hydrogen-bond acceptors (Lipinski definition) is 5. The van der Waals surface area contributed by atoms with Gasteiger partial charge in [0, 0.05) is 18.7 Å². The molecule has 1 aromatic carbocycles. The van der Waals surface area contributed by atoms with Crippen molar-refractivity contribution < 1.29 is 10.0 Å². The van der Waals surface area contributed by atoms with Crippen LogP contribution < -0.4 is 11.5 Å². The van der Waals surface area contributed by atoms with Crippen LogP contribution >= 0.6 is 0 Å². The summed E-state index contributed by atoms with van der Waals surface area (Å²) in [6.45, 7) is 0.792. The summed E-state index contributed by atoms with van der Waals surface area (Å²) in [7, 11) is 0. The summed E-state index contributed by atoms with van der Waals surface area (Å²) in [5, 5.41) is 20.7. The number of benzene rings is 1. The Morgan fingerprint density at radius 2 is 1.86 bits per heavy atom. The molecule has 1 heterocycles. The lowest BCUT2D eigenvalue weighted by molar-refractivity contribution is -0.384. The highest BCUT2D eigenvalue weighted by molar-refractivity contribution is 5.27. The van der Waals surface area contributed by atoms with Gasteiger partial charge in [-0.15, -0.1) is 0 Å². The topological polar surface area (TPSA) is 120 Å². The van der Waals surface area contributed by atoms with Gasteiger partial charge >= 0.3 is 0 Å². The lowest BCUT2D eigenvalue weighted by Gasteiger charge is -1.85. The van der Waals surface area contributed by atoms with E-state index in [0.29, 0.717) is 0 Å². The number of nitrogens with one attached hydrogen (secondary N) is 1. The Bertz CT molecular complexity index is 274. The second-order valence-corrected chi connectivity index (χ2v) is 2.52. The van der Waals surface area contributed by atoms with E-state index in [1.807, 2.05) is 0 Å². The number of aliphatic hydroxyl groups is 1. The van der Waals surface area contributed by atoms with Crippen LogP contribution in [0, 0.1) is 10.1 Å². The Morgan fingerprint density at radius 1 is 1.43 bits per heavy atom. The zero-order valence-corrected chi connectivity index (χ0v) is 7.59. The summed E-state index contributed by atoms with van der Waals surface area (Å²) >= 11 is 0. The van der Waals surface area contributed by atoms with E-state index in [4.69, 9.17) is 5.11 Å². The minimum Gasteiger partial charge on any atom is -0.377 e. The van der Waals surface area contributed by atoms with Crippen LogP contribution in [0.3, 0.4) is 0 Å². The van der Waals surface area contributed by atoms with Crippen LogP contribution in [0.15, 0.2) is 30.3 Å². The first-order valence-corrected chi connectivity index (χ1v) is 3.81. The van der Waals surface area contributed by atoms with Crippen molar-refractivity contribution in [2.24, 2.45) is 0 Å². The number of non-ortho nitro benzene ring substituents is 1. The average molecular weight is 199 g/mol. The highest BCUT2D eigenvalue weighted by Crippen LogP contribution is 2.06. The summed E-state index contributed by atoms with van der Waals surface area (Å²) in [6.07, 6.45) is -0.167. The summed E-state index contributed by atoms with van der Waals surface area (Å²) in [6, 6.07) is 7.93. The van der Waals surface area contributed by atoms with E-state index in [-0.39, 0.29) is 18.1 Å². The lowest BCUT2D eigenvalue weighted by Crippen LogP contribution is -1.84. The molecule has 1 aliphatic rings. The largest absolute Gasteiger partial charge is 0.377 e. The van der Waals surface area contributed by atoms with Gasteiger partial charge in [0.15, 0.2) is 0 Å². The third kappa shape index (κ3) is 5.20. The molecule has 0 spiro atoms. The van der Waals surface area contributed by atoms with Gasteiger partial charge in [0.1, 0.15) is 6.23 Å². The molecule has 1 atom stereocenters. The van der Waals surface area contributed by atoms with Gasteiger partial charge in [-0.05, 0) is 0 Å². The van der Waals surface area contributed by atoms with Gasteiger partial charge in [0.05, 0.1) is 4.92 Å². The Hall–Kier alpha value is -1.50. The fourth-order valence-corrected chi connectivity index (χ4v) is 0.602. The zero-order chi connectivity index (χ0) is 9.68. The molecule has 6 nitrogen and oxygen atoms in total. The van der Waals surface area contributed by atoms with Gasteiger partial charge in [-0.25, -0.2) is 0 Å². The van der Waals surface area contributed by atoms with E-state index < -0.39 is 4.92 Å². The number of nitrogens with zero attached hydrogens (tertiary/aromatic N) is 1. The second-order valence-electron chi connectivity index (χ2n) is 2.52. The molecular weight excluding hydrogens is 186 g/mol. The first-order chi connectivity index (χ1) is 6.20. The first kappa shape index (κ1) is 12.5. The number of nitro benzene ring substituents is 1. The molecule has 0 aromatic heterocycles. The molecule has 1 aliphatic heterocycles. The summed E-state index contributed by atoms with van der Waals surface area (Å²) < 4.78 is 0. The predicted molar refractivity (Wildman–Crippen MR) is 52.1 cm³/mol. The van der Waals surface area contributed by atoms with Crippen molar-refractivity contribution in [2.75, 3.05) is 6.54 Å². The van der Waals surface area contributed by atoms with E-state index in [1.54, 1.807) is 18.2 Å². The van der Waals surface area contributed by atoms with Gasteiger partial charge in [0.2, 0.25) is 0 Å². The molecule has 1 fully saturated rings. The SMILES string of the molecule is N.O=[N+]([O-])c1ccccc1.OC1CN1. The number of para-hydroxylation sites is 1. The van der Waals surface area contributed by atoms with Gasteiger partial charge in [-0.1, -0.05) is 18.2 Å². The normalized spacial score (nSPS) is 17.1. The molecule has 14 heavy (non-hydrogen) atoms. The van der Waals surface area contributed by atoms with Crippen LogP contribution in [0.4, 0.5) is 5.69 Å². The number of rotatable bonds is 1. The van der Waals surface area contributed by atoms with Crippen LogP contribution in [0.25, 0.3) is 0 Å². The molecule has 6 heteroatoms. The minimum absolute atomic E-state index is 0. The Kier molecular flexibility index (Phi) is 5.38. The van der Waals surface area contributed by atoms with Crippen molar-refractivity contribution in [3.05, 3.63) is 40.4 Å². The monoisotopic (exact) mass is 199 g/mol. The highest BCUT2D eigenvalue weighted by atomic mass is 16.6. The fraction of sp³-hybridized carbons (Fsp3) is 0.250. The third-order valence-corrected chi connectivity index (χ3v) is 1.35. The third-order valence-electron chi connectivity index (χ3n) is 1.35. The lowest BCUT2D eigenvalue weighted by atomic mass is 10.3. The number of hydrogen-bond donors (Lipinski definition) is 3. The fourth-order valence-electron chi connectivity index (χ4n) is 0.602. The van der Waals surface area contributed by atoms with E-state index in [9.17, 15) is 10.1 Å². The molecule has 1 aromatic rings. The van der Waals surface area contributed by atoms with E-state index in [0.717, 1.165) is 6.54 Å². The maximum Gasteiger partial charge on any atom is 0.269 e. The molecule has 0 radical (unpaired) electrons. The van der Waals surface area contributed by atoms with Crippen LogP contribution in [-0.2, 0) is 0 Å². The zero-order valence-electron chi connectivity index (χ0n) is 7.59. The highest BCUT2D eigenvalue weighted by Gasteiger charge is 2.13. The van der Waals surface area contributed by atoms with Gasteiger partial charge < -0.3 is 11.3 Å². The molecule has 1 saturated heterocycles. The Balaban J connectivity index is 0.000000286. The van der Waals surface area contributed by atoms with Gasteiger partial charge in [-0.2, -0.15) is 0 Å². The standard InChI is InChI=1S/C6H5NO2.C2H5NO.H3N/c8-7(9)6-4-2-1-3-5-6;4-2-1-3-2;/h1-5H;2-4H,1H2;1H3. The van der Waals surface area contributed by atoms with Crippen LogP contribution in [0.1, 0.15) is 0 Å². The quantitative estimate of drug-likeness (QED) is 0.348. The predicted octanol–water partition coefficient (Wildman–Crippen LogP) is 0.665. The van der Waals surface area contributed by atoms with Crippen LogP contribution in [0.2, 0.25) is 0 Å². The smallest absolute Gasteiger partial charge is 0.269 e. The first-order valence-electron chi connectivity index (χ1n) is 3.81. The second kappa shape index (κ2) is 6.03. The molecule has 5 N–H and O–H groups in total. The van der Waals surface area contributed by atoms with Crippen molar-refractivity contribution in [3.8, 4) is 0 Å². The van der Waals surface area contributed by atoms with Crippen molar-refractivity contribution in [2.45, 2.75) is 6.23 Å².